The van der Waals surface area contributed by atoms with Gasteiger partial charge in [-0.15, -0.1) is 0 Å². The van der Waals surface area contributed by atoms with Crippen LogP contribution in [0.2, 0.25) is 0 Å². The molecular formula is C13H23N5O3. The van der Waals surface area contributed by atoms with Gasteiger partial charge in [0.05, 0.1) is 11.0 Å². The number of aliphatic hydroxyl groups is 1. The fourth-order valence-electron chi connectivity index (χ4n) is 1.79. The first-order valence-electron chi connectivity index (χ1n) is 7.18. The van der Waals surface area contributed by atoms with Crippen LogP contribution in [0.5, 0.6) is 0 Å². The maximum Gasteiger partial charge on any atom is 0.332 e. The number of aliphatic hydroxyl groups excluding tert-OH is 1. The first kappa shape index (κ1) is 17.1. The van der Waals surface area contributed by atoms with E-state index in [1.54, 1.807) is 6.92 Å². The molecule has 0 radical (unpaired) electrons. The minimum Gasteiger partial charge on any atom is -0.393 e. The predicted molar refractivity (Wildman–Crippen MR) is 81.6 cm³/mol. The topological polar surface area (TPSA) is 113 Å². The van der Waals surface area contributed by atoms with Gasteiger partial charge in [0.15, 0.2) is 0 Å². The van der Waals surface area contributed by atoms with Gasteiger partial charge in [0.25, 0.3) is 0 Å². The minimum atomic E-state index is -0.489. The first-order chi connectivity index (χ1) is 9.99. The molecule has 1 heterocycles. The van der Waals surface area contributed by atoms with Crippen molar-refractivity contribution >= 4 is 17.5 Å². The van der Waals surface area contributed by atoms with Crippen LogP contribution < -0.4 is 10.6 Å². The van der Waals surface area contributed by atoms with Crippen LogP contribution in [0.15, 0.2) is 0 Å². The highest BCUT2D eigenvalue weighted by Crippen LogP contribution is 2.26. The monoisotopic (exact) mass is 297 g/mol. The maximum atomic E-state index is 11.1. The largest absolute Gasteiger partial charge is 0.393 e. The van der Waals surface area contributed by atoms with Gasteiger partial charge in [-0.3, -0.25) is 10.1 Å². The van der Waals surface area contributed by atoms with E-state index in [4.69, 9.17) is 0 Å². The second-order valence-corrected chi connectivity index (χ2v) is 4.79. The second kappa shape index (κ2) is 8.35. The highest BCUT2D eigenvalue weighted by molar-refractivity contribution is 5.60. The molecule has 0 saturated carbocycles. The minimum absolute atomic E-state index is 0.122. The van der Waals surface area contributed by atoms with Gasteiger partial charge < -0.3 is 15.7 Å². The molecule has 0 aliphatic carbocycles. The fraction of sp³-hybridized carbons (Fsp3) is 0.692. The summed E-state index contributed by atoms with van der Waals surface area (Å²) in [7, 11) is 0. The highest BCUT2D eigenvalue weighted by atomic mass is 16.6. The summed E-state index contributed by atoms with van der Waals surface area (Å²) in [5, 5.41) is 26.6. The van der Waals surface area contributed by atoms with Crippen molar-refractivity contribution in [1.29, 1.82) is 0 Å². The lowest BCUT2D eigenvalue weighted by atomic mass is 10.2. The standard InChI is InChI=1S/C13H23N5O3/c1-4-7-15-13-16-9(3)11(18(20)21)12(17-13)14-8-6-10(19)5-2/h10,19H,4-8H2,1-3H3,(H2,14,15,16,17). The molecule has 0 spiro atoms. The van der Waals surface area contributed by atoms with Gasteiger partial charge in [0, 0.05) is 13.1 Å². The highest BCUT2D eigenvalue weighted by Gasteiger charge is 2.21. The first-order valence-corrected chi connectivity index (χ1v) is 7.18. The Labute approximate surface area is 124 Å². The van der Waals surface area contributed by atoms with E-state index < -0.39 is 11.0 Å². The number of hydrogen-bond donors (Lipinski definition) is 3. The molecule has 0 bridgehead atoms. The zero-order valence-corrected chi connectivity index (χ0v) is 12.7. The molecule has 0 fully saturated rings. The summed E-state index contributed by atoms with van der Waals surface area (Å²) < 4.78 is 0. The molecule has 1 unspecified atom stereocenters. The molecule has 8 heteroatoms. The summed E-state index contributed by atoms with van der Waals surface area (Å²) >= 11 is 0. The van der Waals surface area contributed by atoms with Crippen LogP contribution in [0.1, 0.15) is 38.8 Å². The van der Waals surface area contributed by atoms with Crippen molar-refractivity contribution in [3.05, 3.63) is 15.8 Å². The number of rotatable bonds is 9. The third kappa shape index (κ3) is 5.14. The Bertz CT molecular complexity index is 481. The van der Waals surface area contributed by atoms with Crippen LogP contribution in [0.4, 0.5) is 17.5 Å². The molecule has 1 rings (SSSR count). The van der Waals surface area contributed by atoms with E-state index >= 15 is 0 Å². The molecule has 21 heavy (non-hydrogen) atoms. The number of anilines is 2. The Morgan fingerprint density at radius 3 is 2.57 bits per heavy atom. The lowest BCUT2D eigenvalue weighted by molar-refractivity contribution is -0.385. The average molecular weight is 297 g/mol. The SMILES string of the molecule is CCCNc1nc(C)c([N+](=O)[O-])c(NCCC(O)CC)n1. The van der Waals surface area contributed by atoms with E-state index in [0.29, 0.717) is 37.6 Å². The smallest absolute Gasteiger partial charge is 0.332 e. The average Bonchev–Trinajstić information content (AvgIpc) is 2.43. The molecule has 0 aliphatic rings. The molecule has 0 saturated heterocycles. The third-order valence-electron chi connectivity index (χ3n) is 3.02. The van der Waals surface area contributed by atoms with Gasteiger partial charge >= 0.3 is 5.69 Å². The summed E-state index contributed by atoms with van der Waals surface area (Å²) in [6, 6.07) is 0. The van der Waals surface area contributed by atoms with Crippen LogP contribution in [0.25, 0.3) is 0 Å². The summed E-state index contributed by atoms with van der Waals surface area (Å²) in [5.41, 5.74) is 0.190. The van der Waals surface area contributed by atoms with E-state index in [9.17, 15) is 15.2 Å². The van der Waals surface area contributed by atoms with Gasteiger partial charge in [0.2, 0.25) is 11.8 Å². The van der Waals surface area contributed by atoms with E-state index in [1.165, 1.54) is 0 Å². The molecule has 0 aliphatic heterocycles. The number of nitrogens with one attached hydrogen (secondary N) is 2. The van der Waals surface area contributed by atoms with Gasteiger partial charge in [0.1, 0.15) is 5.69 Å². The summed E-state index contributed by atoms with van der Waals surface area (Å²) in [4.78, 5) is 18.9. The fourth-order valence-corrected chi connectivity index (χ4v) is 1.79. The molecule has 1 atom stereocenters. The van der Waals surface area contributed by atoms with Crippen molar-refractivity contribution in [3.63, 3.8) is 0 Å². The molecule has 8 nitrogen and oxygen atoms in total. The summed E-state index contributed by atoms with van der Waals surface area (Å²) in [5.74, 6) is 0.563. The van der Waals surface area contributed by atoms with E-state index in [0.717, 1.165) is 6.42 Å². The normalized spacial score (nSPS) is 12.0. The molecule has 1 aromatic heterocycles. The lowest BCUT2D eigenvalue weighted by Gasteiger charge is -2.12. The lowest BCUT2D eigenvalue weighted by Crippen LogP contribution is -2.15. The number of aryl methyl sites for hydroxylation is 1. The van der Waals surface area contributed by atoms with Gasteiger partial charge in [-0.2, -0.15) is 4.98 Å². The van der Waals surface area contributed by atoms with E-state index in [1.807, 2.05) is 13.8 Å². The number of nitrogens with zero attached hydrogens (tertiary/aromatic N) is 3. The molecule has 0 amide bonds. The molecule has 3 N–H and O–H groups in total. The molecule has 0 aromatic carbocycles. The number of hydrogen-bond acceptors (Lipinski definition) is 7. The number of aromatic nitrogens is 2. The zero-order chi connectivity index (χ0) is 15.8. The number of nitro groups is 1. The van der Waals surface area contributed by atoms with E-state index in [2.05, 4.69) is 20.6 Å². The van der Waals surface area contributed by atoms with Gasteiger partial charge in [-0.25, -0.2) is 4.98 Å². The third-order valence-corrected chi connectivity index (χ3v) is 3.02. The van der Waals surface area contributed by atoms with Crippen LogP contribution in [0, 0.1) is 17.0 Å². The zero-order valence-electron chi connectivity index (χ0n) is 12.7. The Hall–Kier alpha value is -1.96. The maximum absolute atomic E-state index is 11.1. The predicted octanol–water partition coefficient (Wildman–Crippen LogP) is 2.09. The van der Waals surface area contributed by atoms with Gasteiger partial charge in [-0.1, -0.05) is 13.8 Å². The van der Waals surface area contributed by atoms with Crippen molar-refractivity contribution in [2.45, 2.75) is 46.1 Å². The van der Waals surface area contributed by atoms with E-state index in [-0.39, 0.29) is 11.5 Å². The Kier molecular flexibility index (Phi) is 6.80. The van der Waals surface area contributed by atoms with Crippen LogP contribution >= 0.6 is 0 Å². The van der Waals surface area contributed by atoms with Crippen LogP contribution in [0.3, 0.4) is 0 Å². The second-order valence-electron chi connectivity index (χ2n) is 4.79. The molecule has 1 aromatic rings. The summed E-state index contributed by atoms with van der Waals surface area (Å²) in [6.07, 6.45) is 1.65. The molecular weight excluding hydrogens is 274 g/mol. The summed E-state index contributed by atoms with van der Waals surface area (Å²) in [6.45, 7) is 6.60. The van der Waals surface area contributed by atoms with Crippen LogP contribution in [-0.2, 0) is 0 Å². The van der Waals surface area contributed by atoms with Crippen molar-refractivity contribution in [3.8, 4) is 0 Å². The van der Waals surface area contributed by atoms with Crippen molar-refractivity contribution < 1.29 is 10.0 Å². The Balaban J connectivity index is 2.90. The van der Waals surface area contributed by atoms with Crippen molar-refractivity contribution in [1.82, 2.24) is 9.97 Å². The molecule has 118 valence electrons. The Morgan fingerprint density at radius 2 is 2.00 bits per heavy atom. The quantitative estimate of drug-likeness (QED) is 0.472. The van der Waals surface area contributed by atoms with Gasteiger partial charge in [-0.05, 0) is 26.2 Å². The Morgan fingerprint density at radius 1 is 1.29 bits per heavy atom. The van der Waals surface area contributed by atoms with Crippen LogP contribution in [-0.4, -0.2) is 39.2 Å². The van der Waals surface area contributed by atoms with Crippen molar-refractivity contribution in [2.24, 2.45) is 0 Å². The van der Waals surface area contributed by atoms with Crippen molar-refractivity contribution in [2.75, 3.05) is 23.7 Å².